The molecule has 2 amide bonds. The van der Waals surface area contributed by atoms with Crippen LogP contribution in [0.5, 0.6) is 0 Å². The summed E-state index contributed by atoms with van der Waals surface area (Å²) in [6.07, 6.45) is 1.68. The molecule has 0 spiro atoms. The van der Waals surface area contributed by atoms with Gasteiger partial charge in [0.05, 0.1) is 17.1 Å². The first-order chi connectivity index (χ1) is 20.3. The fourth-order valence-corrected chi connectivity index (χ4v) is 5.67. The summed E-state index contributed by atoms with van der Waals surface area (Å²) < 4.78 is 3.13. The maximum atomic E-state index is 14.0. The second kappa shape index (κ2) is 11.4. The Labute approximate surface area is 258 Å². The summed E-state index contributed by atoms with van der Waals surface area (Å²) in [5.41, 5.74) is 8.14. The summed E-state index contributed by atoms with van der Waals surface area (Å²) >= 11 is 9.01. The lowest BCUT2D eigenvalue weighted by molar-refractivity contribution is -0.122. The van der Waals surface area contributed by atoms with Gasteiger partial charge in [-0.3, -0.25) is 19.8 Å². The van der Waals surface area contributed by atoms with Crippen LogP contribution in [0.2, 0.25) is 0 Å². The van der Waals surface area contributed by atoms with Crippen molar-refractivity contribution in [2.24, 2.45) is 0 Å². The Balaban J connectivity index is 1.59. The van der Waals surface area contributed by atoms with Crippen LogP contribution in [-0.4, -0.2) is 21.5 Å². The number of nitrogens with zero attached hydrogens (tertiary/aromatic N) is 2. The van der Waals surface area contributed by atoms with Crippen molar-refractivity contribution in [1.82, 2.24) is 9.88 Å². The van der Waals surface area contributed by atoms with Gasteiger partial charge in [-0.15, -0.1) is 0 Å². The first kappa shape index (κ1) is 27.6. The molecule has 0 unspecified atom stereocenters. The van der Waals surface area contributed by atoms with Crippen LogP contribution in [0.15, 0.2) is 119 Å². The molecule has 0 aliphatic carbocycles. The number of hydrogen-bond acceptors (Lipinski definition) is 3. The summed E-state index contributed by atoms with van der Waals surface area (Å²) in [6, 6.07) is 35.8. The van der Waals surface area contributed by atoms with Gasteiger partial charge >= 0.3 is 0 Å². The third-order valence-corrected chi connectivity index (χ3v) is 8.20. The van der Waals surface area contributed by atoms with Crippen molar-refractivity contribution < 1.29 is 9.59 Å². The third kappa shape index (κ3) is 5.13. The lowest BCUT2D eigenvalue weighted by Gasteiger charge is -2.29. The van der Waals surface area contributed by atoms with Crippen molar-refractivity contribution in [2.75, 3.05) is 4.90 Å². The van der Waals surface area contributed by atoms with E-state index in [1.54, 1.807) is 6.08 Å². The number of aryl methyl sites for hydroxylation is 2. The molecule has 1 fully saturated rings. The third-order valence-electron chi connectivity index (χ3n) is 7.38. The van der Waals surface area contributed by atoms with Crippen molar-refractivity contribution in [3.63, 3.8) is 0 Å². The number of anilines is 1. The van der Waals surface area contributed by atoms with E-state index in [9.17, 15) is 9.59 Å². The van der Waals surface area contributed by atoms with Gasteiger partial charge in [0.25, 0.3) is 11.8 Å². The number of benzene rings is 4. The Kier molecular flexibility index (Phi) is 7.45. The molecule has 6 rings (SSSR count). The summed E-state index contributed by atoms with van der Waals surface area (Å²) in [5.74, 6) is -0.995. The number of amides is 2. The molecular formula is C35H26BrN3O2S. The van der Waals surface area contributed by atoms with Crippen LogP contribution in [0.3, 0.4) is 0 Å². The molecule has 1 aliphatic heterocycles. The summed E-state index contributed by atoms with van der Waals surface area (Å²) in [6.45, 7) is 3.99. The SMILES string of the molecule is Cc1ccc(N2C(=O)/C(=C\c3cc(-c4ccccc4)n(-c4ccc(Br)cc4)c3-c3ccccc3)C(=O)NC2=S)cc1C. The Hall–Kier alpha value is -4.59. The van der Waals surface area contributed by atoms with Crippen LogP contribution >= 0.6 is 28.1 Å². The quantitative estimate of drug-likeness (QED) is 0.121. The van der Waals surface area contributed by atoms with E-state index < -0.39 is 11.8 Å². The average molecular weight is 633 g/mol. The zero-order valence-electron chi connectivity index (χ0n) is 23.0. The highest BCUT2D eigenvalue weighted by Crippen LogP contribution is 2.38. The molecule has 2 heterocycles. The molecule has 1 aliphatic rings. The monoisotopic (exact) mass is 631 g/mol. The number of thiocarbonyl (C=S) groups is 1. The minimum Gasteiger partial charge on any atom is -0.309 e. The molecule has 0 atom stereocenters. The highest BCUT2D eigenvalue weighted by molar-refractivity contribution is 9.10. The molecule has 42 heavy (non-hydrogen) atoms. The number of nitrogens with one attached hydrogen (secondary N) is 1. The van der Waals surface area contributed by atoms with Crippen LogP contribution in [0, 0.1) is 13.8 Å². The zero-order valence-corrected chi connectivity index (χ0v) is 25.4. The van der Waals surface area contributed by atoms with Crippen molar-refractivity contribution in [2.45, 2.75) is 13.8 Å². The maximum absolute atomic E-state index is 14.0. The van der Waals surface area contributed by atoms with Crippen molar-refractivity contribution >= 4 is 56.8 Å². The number of carbonyl (C=O) groups excluding carboxylic acids is 2. The van der Waals surface area contributed by atoms with E-state index >= 15 is 0 Å². The van der Waals surface area contributed by atoms with Crippen molar-refractivity contribution in [3.8, 4) is 28.2 Å². The summed E-state index contributed by atoms with van der Waals surface area (Å²) in [7, 11) is 0. The van der Waals surface area contributed by atoms with E-state index in [0.29, 0.717) is 5.69 Å². The van der Waals surface area contributed by atoms with Gasteiger partial charge in [0.15, 0.2) is 5.11 Å². The van der Waals surface area contributed by atoms with Gasteiger partial charge < -0.3 is 4.57 Å². The summed E-state index contributed by atoms with van der Waals surface area (Å²) in [5, 5.41) is 2.79. The molecule has 0 saturated carbocycles. The average Bonchev–Trinajstić information content (AvgIpc) is 3.37. The van der Waals surface area contributed by atoms with E-state index in [1.807, 2.05) is 111 Å². The van der Waals surface area contributed by atoms with Crippen LogP contribution < -0.4 is 10.2 Å². The van der Waals surface area contributed by atoms with E-state index in [1.165, 1.54) is 4.90 Å². The highest BCUT2D eigenvalue weighted by atomic mass is 79.9. The first-order valence-corrected chi connectivity index (χ1v) is 14.6. The molecule has 1 saturated heterocycles. The maximum Gasteiger partial charge on any atom is 0.270 e. The molecule has 206 valence electrons. The molecule has 0 radical (unpaired) electrons. The van der Waals surface area contributed by atoms with E-state index in [4.69, 9.17) is 12.2 Å². The Morgan fingerprint density at radius 2 is 1.36 bits per heavy atom. The van der Waals surface area contributed by atoms with Crippen molar-refractivity contribution in [1.29, 1.82) is 0 Å². The number of hydrogen-bond donors (Lipinski definition) is 1. The number of aromatic nitrogens is 1. The van der Waals surface area contributed by atoms with E-state index in [-0.39, 0.29) is 10.7 Å². The van der Waals surface area contributed by atoms with Crippen LogP contribution in [0.4, 0.5) is 5.69 Å². The molecule has 5 nitrogen and oxygen atoms in total. The normalized spacial score (nSPS) is 14.4. The van der Waals surface area contributed by atoms with Gasteiger partial charge in [0, 0.05) is 15.7 Å². The van der Waals surface area contributed by atoms with Crippen LogP contribution in [0.1, 0.15) is 16.7 Å². The molecular weight excluding hydrogens is 606 g/mol. The number of carbonyl (C=O) groups is 2. The smallest absolute Gasteiger partial charge is 0.270 e. The topological polar surface area (TPSA) is 54.3 Å². The summed E-state index contributed by atoms with van der Waals surface area (Å²) in [4.78, 5) is 28.7. The van der Waals surface area contributed by atoms with Gasteiger partial charge in [-0.25, -0.2) is 0 Å². The standard InChI is InChI=1S/C35H26BrN3O2S/c1-22-13-16-29(19-23(22)2)39-34(41)30(33(40)37-35(39)42)20-26-21-31(24-9-5-3-6-10-24)38(28-17-14-27(36)15-18-28)32(26)25-11-7-4-8-12-25/h3-21H,1-2H3,(H,37,40,42)/b30-20-. The zero-order chi connectivity index (χ0) is 29.4. The molecule has 0 bridgehead atoms. The molecule has 7 heteroatoms. The van der Waals surface area contributed by atoms with Gasteiger partial charge in [-0.05, 0) is 96.9 Å². The second-order valence-electron chi connectivity index (χ2n) is 10.1. The fraction of sp³-hybridized carbons (Fsp3) is 0.0571. The predicted octanol–water partition coefficient (Wildman–Crippen LogP) is 8.02. The molecule has 5 aromatic rings. The van der Waals surface area contributed by atoms with Crippen LogP contribution in [0.25, 0.3) is 34.3 Å². The first-order valence-electron chi connectivity index (χ1n) is 13.4. The Bertz CT molecular complexity index is 1880. The fourth-order valence-electron chi connectivity index (χ4n) is 5.12. The van der Waals surface area contributed by atoms with E-state index in [0.717, 1.165) is 49.4 Å². The minimum absolute atomic E-state index is 0.00609. The lowest BCUT2D eigenvalue weighted by atomic mass is 10.0. The second-order valence-corrected chi connectivity index (χ2v) is 11.4. The van der Waals surface area contributed by atoms with Crippen LogP contribution in [-0.2, 0) is 9.59 Å². The Morgan fingerprint density at radius 3 is 2.00 bits per heavy atom. The van der Waals surface area contributed by atoms with Gasteiger partial charge in [0.1, 0.15) is 5.57 Å². The predicted molar refractivity (Wildman–Crippen MR) is 176 cm³/mol. The molecule has 1 N–H and O–H groups in total. The van der Waals surface area contributed by atoms with Gasteiger partial charge in [-0.1, -0.05) is 82.7 Å². The largest absolute Gasteiger partial charge is 0.309 e. The minimum atomic E-state index is -0.526. The molecule has 1 aromatic heterocycles. The van der Waals surface area contributed by atoms with E-state index in [2.05, 4.69) is 37.9 Å². The van der Waals surface area contributed by atoms with Gasteiger partial charge in [-0.2, -0.15) is 0 Å². The number of rotatable bonds is 5. The van der Waals surface area contributed by atoms with Crippen molar-refractivity contribution in [3.05, 3.63) is 136 Å². The Morgan fingerprint density at radius 1 is 0.738 bits per heavy atom. The molecule has 4 aromatic carbocycles. The van der Waals surface area contributed by atoms with Gasteiger partial charge in [0.2, 0.25) is 0 Å². The highest BCUT2D eigenvalue weighted by Gasteiger charge is 2.35. The number of halogens is 1. The lowest BCUT2D eigenvalue weighted by Crippen LogP contribution is -2.54.